The van der Waals surface area contributed by atoms with E-state index in [0.717, 1.165) is 17.5 Å². The van der Waals surface area contributed by atoms with Gasteiger partial charge in [0.05, 0.1) is 13.2 Å². The van der Waals surface area contributed by atoms with Crippen molar-refractivity contribution in [3.8, 4) is 5.75 Å². The van der Waals surface area contributed by atoms with Crippen molar-refractivity contribution in [3.05, 3.63) is 29.3 Å². The summed E-state index contributed by atoms with van der Waals surface area (Å²) in [5, 5.41) is 5.45. The lowest BCUT2D eigenvalue weighted by molar-refractivity contribution is -0.124. The first-order valence-corrected chi connectivity index (χ1v) is 7.81. The minimum absolute atomic E-state index is 0.0193. The van der Waals surface area contributed by atoms with E-state index in [1.807, 2.05) is 45.9 Å². The van der Waals surface area contributed by atoms with E-state index in [0.29, 0.717) is 5.75 Å². The first-order valence-electron chi connectivity index (χ1n) is 7.81. The van der Waals surface area contributed by atoms with Gasteiger partial charge in [-0.3, -0.25) is 4.79 Å². The summed E-state index contributed by atoms with van der Waals surface area (Å²) in [6, 6.07) is 4.19. The number of aryl methyl sites for hydroxylation is 1. The molecule has 128 valence electrons. The van der Waals surface area contributed by atoms with E-state index in [1.165, 1.54) is 0 Å². The molecule has 0 aromatic heterocycles. The van der Waals surface area contributed by atoms with Crippen molar-refractivity contribution in [2.24, 2.45) is 11.7 Å². The number of nitrogens with one attached hydrogen (secondary N) is 2. The normalized spacial score (nSPS) is 14.5. The van der Waals surface area contributed by atoms with Gasteiger partial charge in [-0.05, 0) is 25.8 Å². The van der Waals surface area contributed by atoms with Crippen molar-refractivity contribution in [1.82, 2.24) is 10.6 Å². The molecule has 1 rings (SSSR count). The maximum Gasteiger partial charge on any atom is 0.312 e. The van der Waals surface area contributed by atoms with E-state index in [1.54, 1.807) is 7.11 Å². The highest BCUT2D eigenvalue weighted by molar-refractivity contribution is 5.87. The van der Waals surface area contributed by atoms with E-state index in [4.69, 9.17) is 10.5 Å². The van der Waals surface area contributed by atoms with Crippen molar-refractivity contribution < 1.29 is 14.3 Å². The molecule has 0 saturated carbocycles. The van der Waals surface area contributed by atoms with Crippen LogP contribution in [0.4, 0.5) is 4.79 Å². The molecule has 3 atom stereocenters. The van der Waals surface area contributed by atoms with Crippen molar-refractivity contribution in [3.63, 3.8) is 0 Å². The van der Waals surface area contributed by atoms with Crippen LogP contribution in [-0.4, -0.2) is 25.1 Å². The van der Waals surface area contributed by atoms with Crippen molar-refractivity contribution in [1.29, 1.82) is 0 Å². The zero-order valence-electron chi connectivity index (χ0n) is 14.5. The Morgan fingerprint density at radius 3 is 2.43 bits per heavy atom. The number of benzene rings is 1. The molecule has 0 fully saturated rings. The Morgan fingerprint density at radius 1 is 1.26 bits per heavy atom. The van der Waals surface area contributed by atoms with Crippen LogP contribution in [0.25, 0.3) is 0 Å². The Bertz CT molecular complexity index is 560. The second kappa shape index (κ2) is 8.41. The number of nitrogens with two attached hydrogens (primary N) is 1. The molecule has 0 heterocycles. The van der Waals surface area contributed by atoms with Gasteiger partial charge < -0.3 is 21.1 Å². The second-order valence-corrected chi connectivity index (χ2v) is 5.85. The van der Waals surface area contributed by atoms with Crippen molar-refractivity contribution in [2.75, 3.05) is 7.11 Å². The summed E-state index contributed by atoms with van der Waals surface area (Å²) in [7, 11) is 1.60. The molecule has 4 N–H and O–H groups in total. The average Bonchev–Trinajstić information content (AvgIpc) is 2.51. The van der Waals surface area contributed by atoms with Gasteiger partial charge in [0.15, 0.2) is 0 Å². The quantitative estimate of drug-likeness (QED) is 0.719. The van der Waals surface area contributed by atoms with Gasteiger partial charge in [0.2, 0.25) is 5.91 Å². The van der Waals surface area contributed by atoms with Gasteiger partial charge in [0.25, 0.3) is 0 Å². The molecule has 0 spiro atoms. The van der Waals surface area contributed by atoms with Crippen LogP contribution in [0.5, 0.6) is 5.75 Å². The first kappa shape index (κ1) is 18.8. The Morgan fingerprint density at radius 2 is 1.91 bits per heavy atom. The highest BCUT2D eigenvalue weighted by Gasteiger charge is 2.27. The Balaban J connectivity index is 2.93. The zero-order valence-corrected chi connectivity index (χ0v) is 14.5. The van der Waals surface area contributed by atoms with Gasteiger partial charge in [0, 0.05) is 5.56 Å². The fraction of sp³-hybridized carbons (Fsp3) is 0.529. The number of carbonyl (C=O) groups excluding carboxylic acids is 2. The van der Waals surface area contributed by atoms with Crippen LogP contribution in [0, 0.1) is 12.8 Å². The number of ether oxygens (including phenoxy) is 1. The van der Waals surface area contributed by atoms with Gasteiger partial charge in [-0.15, -0.1) is 0 Å². The molecule has 0 saturated heterocycles. The number of hydrogen-bond acceptors (Lipinski definition) is 3. The maximum atomic E-state index is 12.5. The molecule has 0 unspecified atom stereocenters. The SMILES string of the molecule is CC[C@H](C)[C@@H](NC(N)=O)C(=O)N[C@H](C)c1cc(C)ccc1OC. The molecule has 0 radical (unpaired) electrons. The molecule has 1 aromatic carbocycles. The van der Waals surface area contributed by atoms with Crippen LogP contribution in [0.15, 0.2) is 18.2 Å². The summed E-state index contributed by atoms with van der Waals surface area (Å²) in [5.41, 5.74) is 7.15. The monoisotopic (exact) mass is 321 g/mol. The third-order valence-electron chi connectivity index (χ3n) is 4.00. The van der Waals surface area contributed by atoms with Gasteiger partial charge in [-0.25, -0.2) is 4.79 Å². The van der Waals surface area contributed by atoms with Crippen LogP contribution < -0.4 is 21.1 Å². The molecule has 23 heavy (non-hydrogen) atoms. The van der Waals surface area contributed by atoms with E-state index < -0.39 is 12.1 Å². The van der Waals surface area contributed by atoms with E-state index >= 15 is 0 Å². The summed E-state index contributed by atoms with van der Waals surface area (Å²) < 4.78 is 5.36. The zero-order chi connectivity index (χ0) is 17.6. The fourth-order valence-corrected chi connectivity index (χ4v) is 2.43. The fourth-order valence-electron chi connectivity index (χ4n) is 2.43. The van der Waals surface area contributed by atoms with Gasteiger partial charge >= 0.3 is 6.03 Å². The summed E-state index contributed by atoms with van der Waals surface area (Å²) >= 11 is 0. The lowest BCUT2D eigenvalue weighted by atomic mass is 9.97. The molecule has 0 aliphatic carbocycles. The molecular formula is C17H27N3O3. The molecule has 0 aliphatic heterocycles. The van der Waals surface area contributed by atoms with E-state index in [2.05, 4.69) is 10.6 Å². The number of primary amides is 1. The highest BCUT2D eigenvalue weighted by atomic mass is 16.5. The third-order valence-corrected chi connectivity index (χ3v) is 4.00. The predicted molar refractivity (Wildman–Crippen MR) is 90.3 cm³/mol. The molecule has 0 bridgehead atoms. The second-order valence-electron chi connectivity index (χ2n) is 5.85. The molecule has 6 heteroatoms. The van der Waals surface area contributed by atoms with Crippen LogP contribution in [0.3, 0.4) is 0 Å². The molecule has 0 aliphatic rings. The topological polar surface area (TPSA) is 93.5 Å². The Kier molecular flexibility index (Phi) is 6.88. The molecule has 3 amide bonds. The Labute approximate surface area is 137 Å². The standard InChI is InChI=1S/C17H27N3O3/c1-6-11(3)15(20-17(18)22)16(21)19-12(4)13-9-10(2)7-8-14(13)23-5/h7-9,11-12,15H,6H2,1-5H3,(H,19,21)(H3,18,20,22)/t11-,12+,15+/m0/s1. The Hall–Kier alpha value is -2.24. The summed E-state index contributed by atoms with van der Waals surface area (Å²) in [5.74, 6) is 0.440. The van der Waals surface area contributed by atoms with E-state index in [-0.39, 0.29) is 17.9 Å². The molecule has 6 nitrogen and oxygen atoms in total. The summed E-state index contributed by atoms with van der Waals surface area (Å²) in [6.07, 6.45) is 0.751. The number of urea groups is 1. The number of carbonyl (C=O) groups is 2. The van der Waals surface area contributed by atoms with Crippen LogP contribution in [0.2, 0.25) is 0 Å². The van der Waals surface area contributed by atoms with Crippen LogP contribution >= 0.6 is 0 Å². The predicted octanol–water partition coefficient (Wildman–Crippen LogP) is 2.26. The van der Waals surface area contributed by atoms with Crippen LogP contribution in [-0.2, 0) is 4.79 Å². The minimum Gasteiger partial charge on any atom is -0.496 e. The number of hydrogen-bond donors (Lipinski definition) is 3. The van der Waals surface area contributed by atoms with Crippen molar-refractivity contribution >= 4 is 11.9 Å². The van der Waals surface area contributed by atoms with Gasteiger partial charge in [-0.2, -0.15) is 0 Å². The van der Waals surface area contributed by atoms with Crippen molar-refractivity contribution in [2.45, 2.75) is 46.2 Å². The highest BCUT2D eigenvalue weighted by Crippen LogP contribution is 2.26. The minimum atomic E-state index is -0.703. The lowest BCUT2D eigenvalue weighted by Crippen LogP contribution is -2.52. The lowest BCUT2D eigenvalue weighted by Gasteiger charge is -2.25. The summed E-state index contributed by atoms with van der Waals surface area (Å²) in [4.78, 5) is 23.7. The van der Waals surface area contributed by atoms with Gasteiger partial charge in [-0.1, -0.05) is 38.0 Å². The number of rotatable bonds is 7. The first-order chi connectivity index (χ1) is 10.8. The maximum absolute atomic E-state index is 12.5. The molecule has 1 aromatic rings. The number of amides is 3. The summed E-state index contributed by atoms with van der Waals surface area (Å²) in [6.45, 7) is 7.72. The third kappa shape index (κ3) is 5.16. The van der Waals surface area contributed by atoms with E-state index in [9.17, 15) is 9.59 Å². The number of methoxy groups -OCH3 is 1. The smallest absolute Gasteiger partial charge is 0.312 e. The van der Waals surface area contributed by atoms with Gasteiger partial charge in [0.1, 0.15) is 11.8 Å². The van der Waals surface area contributed by atoms with Crippen LogP contribution in [0.1, 0.15) is 44.4 Å². The average molecular weight is 321 g/mol. The largest absolute Gasteiger partial charge is 0.496 e. The molecular weight excluding hydrogens is 294 g/mol.